The van der Waals surface area contributed by atoms with Crippen LogP contribution in [0.5, 0.6) is 0 Å². The summed E-state index contributed by atoms with van der Waals surface area (Å²) in [5.41, 5.74) is 0. The van der Waals surface area contributed by atoms with E-state index in [1.165, 1.54) is 9.40 Å². The first kappa shape index (κ1) is 10.9. The summed E-state index contributed by atoms with van der Waals surface area (Å²) in [6, 6.07) is 4.12. The third kappa shape index (κ3) is 1.88. The molecule has 4 nitrogen and oxygen atoms in total. The second-order valence-corrected chi connectivity index (χ2v) is 5.67. The fourth-order valence-electron chi connectivity index (χ4n) is 1.52. The van der Waals surface area contributed by atoms with Crippen molar-refractivity contribution in [2.75, 3.05) is 0 Å². The standard InChI is InChI=1S/C11H10N2O2S2/c1-2-6(14)10-12-11(15-13-10)9-5-8-7(17-9)3-4-16-8/h3-6,14H,2H2,1H3. The minimum atomic E-state index is -0.645. The molecular formula is C11H10N2O2S2. The average molecular weight is 266 g/mol. The number of aromatic nitrogens is 2. The van der Waals surface area contributed by atoms with Gasteiger partial charge in [0.05, 0.1) is 4.88 Å². The zero-order valence-corrected chi connectivity index (χ0v) is 10.7. The molecule has 0 aliphatic heterocycles. The van der Waals surface area contributed by atoms with Crippen LogP contribution < -0.4 is 0 Å². The van der Waals surface area contributed by atoms with Crippen molar-refractivity contribution in [3.05, 3.63) is 23.3 Å². The van der Waals surface area contributed by atoms with E-state index in [0.29, 0.717) is 18.1 Å². The Hall–Kier alpha value is -1.24. The predicted molar refractivity (Wildman–Crippen MR) is 68.2 cm³/mol. The summed E-state index contributed by atoms with van der Waals surface area (Å²) < 4.78 is 7.61. The highest BCUT2D eigenvalue weighted by atomic mass is 32.1. The summed E-state index contributed by atoms with van der Waals surface area (Å²) in [5.74, 6) is 0.847. The molecule has 88 valence electrons. The van der Waals surface area contributed by atoms with Crippen molar-refractivity contribution < 1.29 is 9.63 Å². The van der Waals surface area contributed by atoms with Gasteiger partial charge >= 0.3 is 0 Å². The van der Waals surface area contributed by atoms with Crippen LogP contribution in [-0.2, 0) is 0 Å². The Balaban J connectivity index is 1.98. The van der Waals surface area contributed by atoms with E-state index >= 15 is 0 Å². The van der Waals surface area contributed by atoms with Crippen molar-refractivity contribution in [3.8, 4) is 10.8 Å². The largest absolute Gasteiger partial charge is 0.385 e. The van der Waals surface area contributed by atoms with Crippen LogP contribution in [0.2, 0.25) is 0 Å². The lowest BCUT2D eigenvalue weighted by Gasteiger charge is -1.97. The Bertz CT molecular complexity index is 612. The van der Waals surface area contributed by atoms with Crippen molar-refractivity contribution in [2.45, 2.75) is 19.4 Å². The van der Waals surface area contributed by atoms with Gasteiger partial charge in [-0.2, -0.15) is 4.98 Å². The van der Waals surface area contributed by atoms with E-state index < -0.39 is 6.10 Å². The maximum absolute atomic E-state index is 9.61. The van der Waals surface area contributed by atoms with E-state index in [1.807, 2.05) is 13.0 Å². The van der Waals surface area contributed by atoms with E-state index in [1.54, 1.807) is 22.7 Å². The van der Waals surface area contributed by atoms with Gasteiger partial charge in [-0.15, -0.1) is 22.7 Å². The molecule has 0 aliphatic carbocycles. The number of hydrogen-bond donors (Lipinski definition) is 1. The highest BCUT2D eigenvalue weighted by Gasteiger charge is 2.16. The molecule has 3 rings (SSSR count). The van der Waals surface area contributed by atoms with Gasteiger partial charge in [-0.05, 0) is 23.9 Å². The third-order valence-electron chi connectivity index (χ3n) is 2.48. The van der Waals surface area contributed by atoms with Crippen LogP contribution in [0.25, 0.3) is 20.2 Å². The Labute approximate surface area is 106 Å². The highest BCUT2D eigenvalue weighted by Crippen LogP contribution is 2.35. The molecule has 0 bridgehead atoms. The maximum atomic E-state index is 9.61. The molecule has 1 N–H and O–H groups in total. The molecule has 0 spiro atoms. The summed E-state index contributed by atoms with van der Waals surface area (Å²) in [4.78, 5) is 5.17. The van der Waals surface area contributed by atoms with Crippen LogP contribution in [0.4, 0.5) is 0 Å². The second kappa shape index (κ2) is 4.21. The first-order chi connectivity index (χ1) is 8.28. The minimum absolute atomic E-state index is 0.360. The van der Waals surface area contributed by atoms with Gasteiger partial charge in [0.1, 0.15) is 6.10 Å². The Morgan fingerprint density at radius 1 is 1.47 bits per heavy atom. The van der Waals surface area contributed by atoms with Crippen molar-refractivity contribution in [3.63, 3.8) is 0 Å². The van der Waals surface area contributed by atoms with E-state index in [9.17, 15) is 5.11 Å². The van der Waals surface area contributed by atoms with Crippen LogP contribution in [-0.4, -0.2) is 15.2 Å². The minimum Gasteiger partial charge on any atom is -0.385 e. The topological polar surface area (TPSA) is 59.2 Å². The molecule has 0 aliphatic rings. The lowest BCUT2D eigenvalue weighted by molar-refractivity contribution is 0.159. The lowest BCUT2D eigenvalue weighted by Crippen LogP contribution is -1.97. The summed E-state index contributed by atoms with van der Waals surface area (Å²) in [6.45, 7) is 1.88. The van der Waals surface area contributed by atoms with Crippen LogP contribution in [0.15, 0.2) is 22.0 Å². The molecule has 3 heterocycles. The Morgan fingerprint density at radius 2 is 2.35 bits per heavy atom. The smallest absolute Gasteiger partial charge is 0.268 e. The molecular weight excluding hydrogens is 256 g/mol. The Kier molecular flexibility index (Phi) is 2.70. The molecule has 3 aromatic heterocycles. The van der Waals surface area contributed by atoms with E-state index in [2.05, 4.69) is 21.6 Å². The van der Waals surface area contributed by atoms with Crippen molar-refractivity contribution >= 4 is 32.1 Å². The number of hydrogen-bond acceptors (Lipinski definition) is 6. The van der Waals surface area contributed by atoms with Crippen LogP contribution in [0.3, 0.4) is 0 Å². The summed E-state index contributed by atoms with van der Waals surface area (Å²) in [6.07, 6.45) is -0.0630. The maximum Gasteiger partial charge on any atom is 0.268 e. The molecule has 1 atom stereocenters. The summed E-state index contributed by atoms with van der Waals surface area (Å²) >= 11 is 3.31. The van der Waals surface area contributed by atoms with Crippen LogP contribution in [0.1, 0.15) is 25.3 Å². The predicted octanol–water partition coefficient (Wildman–Crippen LogP) is 3.46. The van der Waals surface area contributed by atoms with Crippen LogP contribution >= 0.6 is 22.7 Å². The molecule has 17 heavy (non-hydrogen) atoms. The average Bonchev–Trinajstić information content (AvgIpc) is 3.00. The number of aliphatic hydroxyl groups is 1. The van der Waals surface area contributed by atoms with Crippen LogP contribution in [0, 0.1) is 0 Å². The molecule has 6 heteroatoms. The molecule has 1 unspecified atom stereocenters. The van der Waals surface area contributed by atoms with Gasteiger partial charge in [0.2, 0.25) is 5.82 Å². The van der Waals surface area contributed by atoms with Gasteiger partial charge in [-0.25, -0.2) is 0 Å². The van der Waals surface area contributed by atoms with Gasteiger partial charge in [0.15, 0.2) is 0 Å². The third-order valence-corrected chi connectivity index (χ3v) is 4.56. The molecule has 0 saturated carbocycles. The SMILES string of the molecule is CCC(O)c1noc(-c2cc3sccc3s2)n1. The van der Waals surface area contributed by atoms with Gasteiger partial charge in [-0.1, -0.05) is 12.1 Å². The first-order valence-electron chi connectivity index (χ1n) is 5.27. The number of nitrogens with zero attached hydrogens (tertiary/aromatic N) is 2. The van der Waals surface area contributed by atoms with Gasteiger partial charge in [0.25, 0.3) is 5.89 Å². The van der Waals surface area contributed by atoms with Crippen molar-refractivity contribution in [2.24, 2.45) is 0 Å². The fourth-order valence-corrected chi connectivity index (χ4v) is 3.55. The number of thiophene rings is 2. The fraction of sp³-hybridized carbons (Fsp3) is 0.273. The number of fused-ring (bicyclic) bond motifs is 1. The molecule has 0 amide bonds. The quantitative estimate of drug-likeness (QED) is 0.788. The van der Waals surface area contributed by atoms with E-state index in [0.717, 1.165) is 4.88 Å². The zero-order valence-electron chi connectivity index (χ0n) is 9.08. The van der Waals surface area contributed by atoms with E-state index in [4.69, 9.17) is 4.52 Å². The molecule has 0 saturated heterocycles. The molecule has 3 aromatic rings. The number of aliphatic hydroxyl groups excluding tert-OH is 1. The van der Waals surface area contributed by atoms with Crippen molar-refractivity contribution in [1.82, 2.24) is 10.1 Å². The monoisotopic (exact) mass is 266 g/mol. The molecule has 0 aromatic carbocycles. The molecule has 0 fully saturated rings. The first-order valence-corrected chi connectivity index (χ1v) is 6.96. The molecule has 0 radical (unpaired) electrons. The zero-order chi connectivity index (χ0) is 11.8. The van der Waals surface area contributed by atoms with Crippen molar-refractivity contribution in [1.29, 1.82) is 0 Å². The summed E-state index contributed by atoms with van der Waals surface area (Å²) in [7, 11) is 0. The second-order valence-electron chi connectivity index (χ2n) is 3.64. The van der Waals surface area contributed by atoms with Gasteiger partial charge in [0, 0.05) is 9.40 Å². The Morgan fingerprint density at radius 3 is 3.12 bits per heavy atom. The summed E-state index contributed by atoms with van der Waals surface area (Å²) in [5, 5.41) is 15.5. The van der Waals surface area contributed by atoms with Gasteiger partial charge < -0.3 is 9.63 Å². The van der Waals surface area contributed by atoms with Gasteiger partial charge in [-0.3, -0.25) is 0 Å². The lowest BCUT2D eigenvalue weighted by atomic mass is 10.3. The van der Waals surface area contributed by atoms with E-state index in [-0.39, 0.29) is 0 Å². The number of rotatable bonds is 3. The normalized spacial score (nSPS) is 13.3. The highest BCUT2D eigenvalue weighted by molar-refractivity contribution is 7.28.